The van der Waals surface area contributed by atoms with E-state index in [0.717, 1.165) is 15.6 Å². The predicted octanol–water partition coefficient (Wildman–Crippen LogP) is 3.60. The number of halogens is 3. The molecule has 0 atom stereocenters. The molecule has 4 aromatic rings. The Morgan fingerprint density at radius 2 is 1.86 bits per heavy atom. The maximum atomic E-state index is 13.4. The highest BCUT2D eigenvalue weighted by molar-refractivity contribution is 7.17. The van der Waals surface area contributed by atoms with E-state index in [2.05, 4.69) is 20.1 Å². The number of fused-ring (bicyclic) bond motifs is 1. The molecule has 4 rings (SSSR count). The lowest BCUT2D eigenvalue weighted by atomic mass is 10.2. The van der Waals surface area contributed by atoms with Gasteiger partial charge in [0.1, 0.15) is 6.33 Å². The summed E-state index contributed by atoms with van der Waals surface area (Å²) < 4.78 is 42.0. The Labute approximate surface area is 166 Å². The van der Waals surface area contributed by atoms with E-state index in [1.165, 1.54) is 22.1 Å². The molecule has 0 aliphatic rings. The lowest BCUT2D eigenvalue weighted by Crippen LogP contribution is -2.24. The number of alkyl halides is 3. The lowest BCUT2D eigenvalue weighted by Gasteiger charge is -2.10. The maximum Gasteiger partial charge on any atom is 0.435 e. The van der Waals surface area contributed by atoms with Crippen molar-refractivity contribution in [1.29, 1.82) is 0 Å². The third-order valence-corrected chi connectivity index (χ3v) is 5.44. The molecule has 11 heteroatoms. The monoisotopic (exact) mass is 420 g/mol. The minimum absolute atomic E-state index is 0.00857. The summed E-state index contributed by atoms with van der Waals surface area (Å²) in [5.41, 5.74) is 0.201. The molecule has 4 heterocycles. The standard InChI is InChI=1S/C18H15F3N6OS/c1-4-12-5-13(18(19,20)21)25-27(12)14-9(2)24-17-26(16(14)28)15(10(3)29-17)11-6-22-8-23-7-11/h5-8H,4H2,1-3H3. The van der Waals surface area contributed by atoms with E-state index in [1.807, 2.05) is 6.92 Å². The van der Waals surface area contributed by atoms with Gasteiger partial charge in [0.05, 0.1) is 11.4 Å². The molecule has 150 valence electrons. The zero-order valence-corrected chi connectivity index (χ0v) is 16.5. The van der Waals surface area contributed by atoms with Crippen molar-refractivity contribution in [1.82, 2.24) is 29.1 Å². The van der Waals surface area contributed by atoms with Crippen LogP contribution in [0.15, 0.2) is 29.6 Å². The summed E-state index contributed by atoms with van der Waals surface area (Å²) >= 11 is 1.31. The van der Waals surface area contributed by atoms with Gasteiger partial charge in [-0.25, -0.2) is 24.0 Å². The average molecular weight is 420 g/mol. The smallest absolute Gasteiger partial charge is 0.266 e. The molecule has 0 bridgehead atoms. The number of nitrogens with zero attached hydrogens (tertiary/aromatic N) is 6. The second kappa shape index (κ2) is 6.76. The average Bonchev–Trinajstić information content (AvgIpc) is 3.23. The van der Waals surface area contributed by atoms with Gasteiger partial charge < -0.3 is 0 Å². The van der Waals surface area contributed by atoms with E-state index >= 15 is 0 Å². The summed E-state index contributed by atoms with van der Waals surface area (Å²) in [5.74, 6) is 0. The van der Waals surface area contributed by atoms with Crippen molar-refractivity contribution in [2.45, 2.75) is 33.4 Å². The molecule has 0 unspecified atom stereocenters. The van der Waals surface area contributed by atoms with Crippen LogP contribution in [0.4, 0.5) is 13.2 Å². The molecule has 0 saturated heterocycles. The van der Waals surface area contributed by atoms with Crippen LogP contribution in [-0.2, 0) is 12.6 Å². The largest absolute Gasteiger partial charge is 0.435 e. The van der Waals surface area contributed by atoms with Crippen LogP contribution in [0.2, 0.25) is 0 Å². The molecule has 7 nitrogen and oxygen atoms in total. The molecule has 0 aromatic carbocycles. The minimum atomic E-state index is -4.61. The van der Waals surface area contributed by atoms with E-state index in [4.69, 9.17) is 0 Å². The third-order valence-electron chi connectivity index (χ3n) is 4.49. The zero-order chi connectivity index (χ0) is 20.9. The van der Waals surface area contributed by atoms with E-state index in [-0.39, 0.29) is 17.8 Å². The second-order valence-electron chi connectivity index (χ2n) is 6.39. The molecule has 0 spiro atoms. The van der Waals surface area contributed by atoms with Gasteiger partial charge in [0.15, 0.2) is 16.3 Å². The van der Waals surface area contributed by atoms with Crippen LogP contribution in [0.3, 0.4) is 0 Å². The van der Waals surface area contributed by atoms with Gasteiger partial charge in [-0.1, -0.05) is 6.92 Å². The Morgan fingerprint density at radius 1 is 1.17 bits per heavy atom. The van der Waals surface area contributed by atoms with Gasteiger partial charge in [0.2, 0.25) is 0 Å². The maximum absolute atomic E-state index is 13.4. The summed E-state index contributed by atoms with van der Waals surface area (Å²) in [6, 6.07) is 0.957. The number of aromatic nitrogens is 6. The van der Waals surface area contributed by atoms with Gasteiger partial charge in [-0.3, -0.25) is 4.79 Å². The van der Waals surface area contributed by atoms with Crippen molar-refractivity contribution < 1.29 is 13.2 Å². The normalized spacial score (nSPS) is 12.1. The van der Waals surface area contributed by atoms with Crippen molar-refractivity contribution in [2.24, 2.45) is 0 Å². The highest BCUT2D eigenvalue weighted by atomic mass is 32.1. The van der Waals surface area contributed by atoms with E-state index in [1.54, 1.807) is 26.2 Å². The topological polar surface area (TPSA) is 78.0 Å². The van der Waals surface area contributed by atoms with Gasteiger partial charge in [-0.15, -0.1) is 11.3 Å². The SMILES string of the molecule is CCc1cc(C(F)(F)F)nn1-c1c(C)nc2sc(C)c(-c3cncnc3)n2c1=O. The Kier molecular flexibility index (Phi) is 4.49. The first-order chi connectivity index (χ1) is 13.7. The zero-order valence-electron chi connectivity index (χ0n) is 15.7. The van der Waals surface area contributed by atoms with Crippen molar-refractivity contribution in [3.05, 3.63) is 57.1 Å². The van der Waals surface area contributed by atoms with Gasteiger partial charge in [0.25, 0.3) is 5.56 Å². The van der Waals surface area contributed by atoms with Crippen LogP contribution in [0, 0.1) is 13.8 Å². The van der Waals surface area contributed by atoms with Crippen LogP contribution >= 0.6 is 11.3 Å². The fraction of sp³-hybridized carbons (Fsp3) is 0.278. The van der Waals surface area contributed by atoms with Crippen LogP contribution < -0.4 is 5.56 Å². The fourth-order valence-electron chi connectivity index (χ4n) is 3.20. The number of thiazole rings is 1. The van der Waals surface area contributed by atoms with Crippen LogP contribution in [0.1, 0.15) is 28.9 Å². The highest BCUT2D eigenvalue weighted by Crippen LogP contribution is 2.31. The minimum Gasteiger partial charge on any atom is -0.266 e. The van der Waals surface area contributed by atoms with Gasteiger partial charge in [-0.05, 0) is 26.3 Å². The quantitative estimate of drug-likeness (QED) is 0.506. The first kappa shape index (κ1) is 19.2. The highest BCUT2D eigenvalue weighted by Gasteiger charge is 2.35. The number of aryl methyl sites for hydroxylation is 3. The Hall–Kier alpha value is -3.08. The van der Waals surface area contributed by atoms with Gasteiger partial charge in [0, 0.05) is 28.5 Å². The first-order valence-electron chi connectivity index (χ1n) is 8.67. The lowest BCUT2D eigenvalue weighted by molar-refractivity contribution is -0.141. The van der Waals surface area contributed by atoms with Crippen molar-refractivity contribution >= 4 is 16.3 Å². The fourth-order valence-corrected chi connectivity index (χ4v) is 4.23. The van der Waals surface area contributed by atoms with Crippen molar-refractivity contribution in [3.63, 3.8) is 0 Å². The molecule has 0 radical (unpaired) electrons. The number of rotatable bonds is 3. The molecule has 0 amide bonds. The molecule has 0 aliphatic heterocycles. The van der Waals surface area contributed by atoms with Crippen molar-refractivity contribution in [2.75, 3.05) is 0 Å². The van der Waals surface area contributed by atoms with Crippen LogP contribution in [-0.4, -0.2) is 29.1 Å². The molecule has 0 aliphatic carbocycles. The molecule has 0 saturated carbocycles. The van der Waals surface area contributed by atoms with E-state index in [9.17, 15) is 18.0 Å². The number of hydrogen-bond donors (Lipinski definition) is 0. The summed E-state index contributed by atoms with van der Waals surface area (Å²) in [6.07, 6.45) is 0.177. The molecule has 0 fully saturated rings. The molecular formula is C18H15F3N6OS. The summed E-state index contributed by atoms with van der Waals surface area (Å²) in [6.45, 7) is 5.13. The van der Waals surface area contributed by atoms with Gasteiger partial charge in [-0.2, -0.15) is 18.3 Å². The van der Waals surface area contributed by atoms with E-state index < -0.39 is 17.4 Å². The van der Waals surface area contributed by atoms with E-state index in [0.29, 0.717) is 21.9 Å². The first-order valence-corrected chi connectivity index (χ1v) is 9.48. The summed E-state index contributed by atoms with van der Waals surface area (Å²) in [4.78, 5) is 27.1. The van der Waals surface area contributed by atoms with Crippen molar-refractivity contribution in [3.8, 4) is 16.9 Å². The third kappa shape index (κ3) is 3.11. The molecular weight excluding hydrogens is 405 g/mol. The summed E-state index contributed by atoms with van der Waals surface area (Å²) in [7, 11) is 0. The summed E-state index contributed by atoms with van der Waals surface area (Å²) in [5, 5.41) is 3.68. The van der Waals surface area contributed by atoms with Crippen LogP contribution in [0.25, 0.3) is 21.9 Å². The van der Waals surface area contributed by atoms with Crippen LogP contribution in [0.5, 0.6) is 0 Å². The van der Waals surface area contributed by atoms with Gasteiger partial charge >= 0.3 is 6.18 Å². The Morgan fingerprint density at radius 3 is 2.48 bits per heavy atom. The molecule has 0 N–H and O–H groups in total. The molecule has 4 aromatic heterocycles. The predicted molar refractivity (Wildman–Crippen MR) is 101 cm³/mol. The number of hydrogen-bond acceptors (Lipinski definition) is 6. The Balaban J connectivity index is 2.06. The molecule has 29 heavy (non-hydrogen) atoms. The Bertz CT molecular complexity index is 1270. The second-order valence-corrected chi connectivity index (χ2v) is 7.57.